The van der Waals surface area contributed by atoms with Gasteiger partial charge in [-0.05, 0) is 50.1 Å². The average molecular weight is 480 g/mol. The van der Waals surface area contributed by atoms with Crippen LogP contribution < -0.4 is 10.1 Å². The van der Waals surface area contributed by atoms with Gasteiger partial charge in [0.05, 0.1) is 11.4 Å². The van der Waals surface area contributed by atoms with E-state index in [4.69, 9.17) is 4.74 Å². The highest BCUT2D eigenvalue weighted by Crippen LogP contribution is 2.27. The van der Waals surface area contributed by atoms with Crippen molar-refractivity contribution in [2.24, 2.45) is 7.05 Å². The Labute approximate surface area is 201 Å². The van der Waals surface area contributed by atoms with E-state index in [2.05, 4.69) is 46.5 Å². The molecule has 0 atom stereocenters. The van der Waals surface area contributed by atoms with Crippen LogP contribution in [0.5, 0.6) is 5.75 Å². The largest absolute Gasteiger partial charge is 0.486 e. The fourth-order valence-electron chi connectivity index (χ4n) is 3.03. The van der Waals surface area contributed by atoms with Crippen molar-refractivity contribution < 1.29 is 9.53 Å². The Morgan fingerprint density at radius 1 is 1.09 bits per heavy atom. The van der Waals surface area contributed by atoms with Crippen LogP contribution in [0.3, 0.4) is 0 Å². The molecule has 0 saturated heterocycles. The Morgan fingerprint density at radius 2 is 1.88 bits per heavy atom. The lowest BCUT2D eigenvalue weighted by molar-refractivity contribution is -0.113. The van der Waals surface area contributed by atoms with Crippen molar-refractivity contribution >= 4 is 34.1 Å². The number of hydrogen-bond acceptors (Lipinski definition) is 7. The molecule has 0 unspecified atom stereocenters. The van der Waals surface area contributed by atoms with Gasteiger partial charge in [0.15, 0.2) is 16.1 Å². The number of carbonyl (C=O) groups excluding carboxylic acids is 1. The third kappa shape index (κ3) is 5.80. The Balaban J connectivity index is 1.30. The van der Waals surface area contributed by atoms with Crippen LogP contribution in [-0.4, -0.2) is 31.4 Å². The minimum atomic E-state index is -0.138. The molecule has 1 amide bonds. The van der Waals surface area contributed by atoms with Crippen molar-refractivity contribution in [1.82, 2.24) is 19.7 Å². The number of nitrogens with one attached hydrogen (secondary N) is 1. The van der Waals surface area contributed by atoms with Gasteiger partial charge in [-0.3, -0.25) is 4.79 Å². The Bertz CT molecular complexity index is 1260. The summed E-state index contributed by atoms with van der Waals surface area (Å²) in [5.74, 6) is 1.54. The van der Waals surface area contributed by atoms with Crippen molar-refractivity contribution in [2.75, 3.05) is 11.1 Å². The molecule has 2 aromatic carbocycles. The number of ether oxygens (including phenoxy) is 1. The van der Waals surface area contributed by atoms with Gasteiger partial charge in [0.1, 0.15) is 12.4 Å². The molecule has 9 heteroatoms. The molecule has 0 aliphatic heterocycles. The topological polar surface area (TPSA) is 81.9 Å². The molecule has 4 rings (SSSR count). The number of anilines is 1. The van der Waals surface area contributed by atoms with Crippen LogP contribution in [0.4, 0.5) is 5.13 Å². The van der Waals surface area contributed by atoms with E-state index < -0.39 is 0 Å². The molecule has 1 N–H and O–H groups in total. The average Bonchev–Trinajstić information content (AvgIpc) is 3.40. The fraction of sp³-hybridized carbons (Fsp3) is 0.250. The summed E-state index contributed by atoms with van der Waals surface area (Å²) in [5, 5.41) is 14.4. The van der Waals surface area contributed by atoms with E-state index in [1.54, 1.807) is 0 Å². The number of benzene rings is 2. The molecule has 0 saturated carbocycles. The number of carbonyl (C=O) groups is 1. The first-order valence-electron chi connectivity index (χ1n) is 10.4. The summed E-state index contributed by atoms with van der Waals surface area (Å²) in [6, 6.07) is 14.1. The minimum Gasteiger partial charge on any atom is -0.486 e. The van der Waals surface area contributed by atoms with Gasteiger partial charge >= 0.3 is 0 Å². The summed E-state index contributed by atoms with van der Waals surface area (Å²) in [7, 11) is 1.87. The molecule has 4 aromatic rings. The SMILES string of the molecule is Cc1ccc(OCc2nnc(SCC(=O)Nc3nc(-c4ccc(C)c(C)c4)cs3)n2C)cc1. The molecule has 0 aliphatic carbocycles. The molecular formula is C24H25N5O2S2. The van der Waals surface area contributed by atoms with Crippen LogP contribution in [0.2, 0.25) is 0 Å². The van der Waals surface area contributed by atoms with Gasteiger partial charge in [0.2, 0.25) is 5.91 Å². The maximum atomic E-state index is 12.4. The van der Waals surface area contributed by atoms with Crippen molar-refractivity contribution in [2.45, 2.75) is 32.5 Å². The lowest BCUT2D eigenvalue weighted by Crippen LogP contribution is -2.14. The number of hydrogen-bond donors (Lipinski definition) is 1. The highest BCUT2D eigenvalue weighted by molar-refractivity contribution is 7.99. The predicted molar refractivity (Wildman–Crippen MR) is 133 cm³/mol. The number of amides is 1. The van der Waals surface area contributed by atoms with E-state index >= 15 is 0 Å². The first-order chi connectivity index (χ1) is 15.9. The molecule has 0 bridgehead atoms. The first kappa shape index (κ1) is 23.0. The summed E-state index contributed by atoms with van der Waals surface area (Å²) in [4.78, 5) is 17.0. The Morgan fingerprint density at radius 3 is 2.64 bits per heavy atom. The lowest BCUT2D eigenvalue weighted by atomic mass is 10.1. The Kier molecular flexibility index (Phi) is 7.10. The van der Waals surface area contributed by atoms with Crippen LogP contribution in [-0.2, 0) is 18.4 Å². The van der Waals surface area contributed by atoms with Crippen LogP contribution >= 0.6 is 23.1 Å². The molecule has 33 heavy (non-hydrogen) atoms. The first-order valence-corrected chi connectivity index (χ1v) is 12.3. The van der Waals surface area contributed by atoms with Crippen LogP contribution in [0.25, 0.3) is 11.3 Å². The van der Waals surface area contributed by atoms with Crippen LogP contribution in [0.15, 0.2) is 53.0 Å². The van der Waals surface area contributed by atoms with Gasteiger partial charge in [-0.15, -0.1) is 21.5 Å². The van der Waals surface area contributed by atoms with E-state index in [9.17, 15) is 4.79 Å². The second-order valence-corrected chi connectivity index (χ2v) is 9.53. The number of thioether (sulfide) groups is 1. The van der Waals surface area contributed by atoms with E-state index in [-0.39, 0.29) is 11.7 Å². The molecule has 2 aromatic heterocycles. The number of aryl methyl sites for hydroxylation is 3. The highest BCUT2D eigenvalue weighted by Gasteiger charge is 2.14. The second kappa shape index (κ2) is 10.2. The summed E-state index contributed by atoms with van der Waals surface area (Å²) < 4.78 is 7.62. The van der Waals surface area contributed by atoms with Crippen LogP contribution in [0.1, 0.15) is 22.5 Å². The third-order valence-corrected chi connectivity index (χ3v) is 6.98. The molecular weight excluding hydrogens is 454 g/mol. The van der Waals surface area contributed by atoms with E-state index in [0.717, 1.165) is 17.0 Å². The van der Waals surface area contributed by atoms with Gasteiger partial charge in [0, 0.05) is 18.0 Å². The summed E-state index contributed by atoms with van der Waals surface area (Å²) in [6.07, 6.45) is 0. The quantitative estimate of drug-likeness (QED) is 0.351. The number of aromatic nitrogens is 4. The molecule has 0 aliphatic rings. The summed E-state index contributed by atoms with van der Waals surface area (Å²) >= 11 is 2.74. The number of nitrogens with zero attached hydrogens (tertiary/aromatic N) is 4. The van der Waals surface area contributed by atoms with E-state index in [1.807, 2.05) is 54.3 Å². The van der Waals surface area contributed by atoms with Gasteiger partial charge < -0.3 is 14.6 Å². The molecule has 170 valence electrons. The van der Waals surface area contributed by atoms with Gasteiger partial charge in [-0.2, -0.15) is 0 Å². The van der Waals surface area contributed by atoms with Crippen LogP contribution in [0, 0.1) is 20.8 Å². The second-order valence-electron chi connectivity index (χ2n) is 7.73. The zero-order chi connectivity index (χ0) is 23.4. The van der Waals surface area contributed by atoms with Crippen molar-refractivity contribution in [3.05, 3.63) is 70.4 Å². The van der Waals surface area contributed by atoms with Crippen molar-refractivity contribution in [1.29, 1.82) is 0 Å². The van der Waals surface area contributed by atoms with Crippen molar-refractivity contribution in [3.8, 4) is 17.0 Å². The Hall–Kier alpha value is -3.17. The van der Waals surface area contributed by atoms with Crippen molar-refractivity contribution in [3.63, 3.8) is 0 Å². The fourth-order valence-corrected chi connectivity index (χ4v) is 4.49. The molecule has 0 radical (unpaired) electrons. The smallest absolute Gasteiger partial charge is 0.236 e. The highest BCUT2D eigenvalue weighted by atomic mass is 32.2. The molecule has 0 fully saturated rings. The molecule has 2 heterocycles. The van der Waals surface area contributed by atoms with E-state index in [1.165, 1.54) is 39.8 Å². The maximum Gasteiger partial charge on any atom is 0.236 e. The standard InChI is InChI=1S/C24H25N5O2S2/c1-15-5-9-19(10-6-15)31-12-21-27-28-24(29(21)4)33-14-22(30)26-23-25-20(13-32-23)18-8-7-16(2)17(3)11-18/h5-11,13H,12,14H2,1-4H3,(H,25,26,30). The van der Waals surface area contributed by atoms with E-state index in [0.29, 0.717) is 22.7 Å². The molecule has 7 nitrogen and oxygen atoms in total. The monoisotopic (exact) mass is 479 g/mol. The maximum absolute atomic E-state index is 12.4. The minimum absolute atomic E-state index is 0.138. The number of rotatable bonds is 8. The zero-order valence-electron chi connectivity index (χ0n) is 19.0. The normalized spacial score (nSPS) is 10.9. The zero-order valence-corrected chi connectivity index (χ0v) is 20.6. The lowest BCUT2D eigenvalue weighted by Gasteiger charge is -2.07. The van der Waals surface area contributed by atoms with Gasteiger partial charge in [0.25, 0.3) is 0 Å². The number of thiazole rings is 1. The predicted octanol–water partition coefficient (Wildman–Crippen LogP) is 5.17. The summed E-state index contributed by atoms with van der Waals surface area (Å²) in [5.41, 5.74) is 5.54. The van der Waals surface area contributed by atoms with Gasteiger partial charge in [-0.25, -0.2) is 4.98 Å². The molecule has 0 spiro atoms. The third-order valence-electron chi connectivity index (χ3n) is 5.20. The summed E-state index contributed by atoms with van der Waals surface area (Å²) in [6.45, 7) is 6.50. The van der Waals surface area contributed by atoms with Gasteiger partial charge in [-0.1, -0.05) is 41.6 Å².